The topological polar surface area (TPSA) is 12.0 Å². The molecule has 0 amide bonds. The van der Waals surface area contributed by atoms with Gasteiger partial charge >= 0.3 is 0 Å². The minimum absolute atomic E-state index is 0.0798. The Labute approximate surface area is 109 Å². The van der Waals surface area contributed by atoms with Crippen LogP contribution in [0.25, 0.3) is 0 Å². The Morgan fingerprint density at radius 1 is 1.17 bits per heavy atom. The number of thiophene rings is 1. The van der Waals surface area contributed by atoms with Crippen LogP contribution in [0.4, 0.5) is 8.78 Å². The Kier molecular flexibility index (Phi) is 4.09. The van der Waals surface area contributed by atoms with Crippen molar-refractivity contribution in [2.24, 2.45) is 0 Å². The molecule has 0 saturated carbocycles. The van der Waals surface area contributed by atoms with Gasteiger partial charge in [-0.2, -0.15) is 0 Å². The second kappa shape index (κ2) is 5.59. The second-order valence-electron chi connectivity index (χ2n) is 4.11. The monoisotopic (exact) mass is 267 g/mol. The van der Waals surface area contributed by atoms with E-state index in [2.05, 4.69) is 5.32 Å². The molecule has 0 aliphatic carbocycles. The van der Waals surface area contributed by atoms with Crippen LogP contribution in [0.2, 0.25) is 0 Å². The molecule has 4 heteroatoms. The molecular formula is C14H15F2NS. The fraction of sp³-hybridized carbons (Fsp3) is 0.286. The number of aryl methyl sites for hydroxylation is 1. The van der Waals surface area contributed by atoms with E-state index in [1.165, 1.54) is 17.0 Å². The van der Waals surface area contributed by atoms with E-state index in [1.807, 2.05) is 26.0 Å². The number of rotatable bonds is 4. The van der Waals surface area contributed by atoms with Gasteiger partial charge in [0.1, 0.15) is 0 Å². The summed E-state index contributed by atoms with van der Waals surface area (Å²) in [6.45, 7) is 4.79. The van der Waals surface area contributed by atoms with Gasteiger partial charge in [-0.15, -0.1) is 11.3 Å². The van der Waals surface area contributed by atoms with Gasteiger partial charge in [0, 0.05) is 9.75 Å². The average molecular weight is 267 g/mol. The van der Waals surface area contributed by atoms with Crippen LogP contribution >= 0.6 is 11.3 Å². The van der Waals surface area contributed by atoms with Crippen molar-refractivity contribution in [3.8, 4) is 0 Å². The van der Waals surface area contributed by atoms with Crippen LogP contribution in [0, 0.1) is 18.6 Å². The number of nitrogens with one attached hydrogen (secondary N) is 1. The molecule has 0 fully saturated rings. The highest BCUT2D eigenvalue weighted by Gasteiger charge is 2.16. The summed E-state index contributed by atoms with van der Waals surface area (Å²) >= 11 is 1.66. The lowest BCUT2D eigenvalue weighted by molar-refractivity contribution is 0.504. The summed E-state index contributed by atoms with van der Waals surface area (Å²) in [4.78, 5) is 2.32. The summed E-state index contributed by atoms with van der Waals surface area (Å²) in [5, 5.41) is 3.30. The average Bonchev–Trinajstić information content (AvgIpc) is 2.76. The SMILES string of the molecule is CCNC(c1ccc(F)c(F)c1)c1ccc(C)s1. The predicted octanol–water partition coefficient (Wildman–Crippen LogP) is 4.03. The summed E-state index contributed by atoms with van der Waals surface area (Å²) in [5.41, 5.74) is 0.748. The molecule has 1 unspecified atom stereocenters. The van der Waals surface area contributed by atoms with Crippen LogP contribution in [0.1, 0.15) is 28.3 Å². The second-order valence-corrected chi connectivity index (χ2v) is 5.43. The Balaban J connectivity index is 2.37. The van der Waals surface area contributed by atoms with E-state index in [-0.39, 0.29) is 6.04 Å². The molecule has 1 N–H and O–H groups in total. The van der Waals surface area contributed by atoms with Crippen LogP contribution in [0.15, 0.2) is 30.3 Å². The lowest BCUT2D eigenvalue weighted by Crippen LogP contribution is -2.21. The number of benzene rings is 1. The Morgan fingerprint density at radius 3 is 2.50 bits per heavy atom. The molecular weight excluding hydrogens is 252 g/mol. The van der Waals surface area contributed by atoms with Gasteiger partial charge in [-0.05, 0) is 43.3 Å². The van der Waals surface area contributed by atoms with Gasteiger partial charge in [0.05, 0.1) is 6.04 Å². The fourth-order valence-electron chi connectivity index (χ4n) is 1.89. The molecule has 18 heavy (non-hydrogen) atoms. The van der Waals surface area contributed by atoms with E-state index in [4.69, 9.17) is 0 Å². The van der Waals surface area contributed by atoms with Crippen LogP contribution in [0.3, 0.4) is 0 Å². The van der Waals surface area contributed by atoms with Crippen molar-refractivity contribution >= 4 is 11.3 Å². The molecule has 1 nitrogen and oxygen atoms in total. The minimum Gasteiger partial charge on any atom is -0.306 e. The largest absolute Gasteiger partial charge is 0.306 e. The number of hydrogen-bond donors (Lipinski definition) is 1. The van der Waals surface area contributed by atoms with E-state index >= 15 is 0 Å². The zero-order chi connectivity index (χ0) is 13.1. The molecule has 1 aromatic carbocycles. The van der Waals surface area contributed by atoms with Crippen molar-refractivity contribution in [1.82, 2.24) is 5.32 Å². The molecule has 96 valence electrons. The fourth-order valence-corrected chi connectivity index (χ4v) is 2.87. The van der Waals surface area contributed by atoms with Gasteiger partial charge in [-0.3, -0.25) is 0 Å². The normalized spacial score (nSPS) is 12.7. The molecule has 2 rings (SSSR count). The summed E-state index contributed by atoms with van der Waals surface area (Å²) < 4.78 is 26.3. The van der Waals surface area contributed by atoms with Crippen molar-refractivity contribution in [3.63, 3.8) is 0 Å². The maximum absolute atomic E-state index is 13.3. The first kappa shape index (κ1) is 13.2. The predicted molar refractivity (Wildman–Crippen MR) is 70.9 cm³/mol. The molecule has 1 aromatic heterocycles. The molecule has 0 aliphatic rings. The highest BCUT2D eigenvalue weighted by Crippen LogP contribution is 2.29. The Morgan fingerprint density at radius 2 is 1.94 bits per heavy atom. The molecule has 0 radical (unpaired) electrons. The smallest absolute Gasteiger partial charge is 0.159 e. The molecule has 0 saturated heterocycles. The first-order valence-corrected chi connectivity index (χ1v) is 6.68. The maximum atomic E-state index is 13.3. The van der Waals surface area contributed by atoms with E-state index in [0.717, 1.165) is 17.0 Å². The highest BCUT2D eigenvalue weighted by molar-refractivity contribution is 7.12. The van der Waals surface area contributed by atoms with E-state index in [9.17, 15) is 8.78 Å². The third kappa shape index (κ3) is 2.76. The van der Waals surface area contributed by atoms with Crippen molar-refractivity contribution < 1.29 is 8.78 Å². The van der Waals surface area contributed by atoms with Crippen molar-refractivity contribution in [2.45, 2.75) is 19.9 Å². The molecule has 0 aliphatic heterocycles. The van der Waals surface area contributed by atoms with Gasteiger partial charge in [0.25, 0.3) is 0 Å². The van der Waals surface area contributed by atoms with Gasteiger partial charge in [-0.1, -0.05) is 13.0 Å². The molecule has 0 bridgehead atoms. The Bertz CT molecular complexity index is 536. The van der Waals surface area contributed by atoms with Gasteiger partial charge in [-0.25, -0.2) is 8.78 Å². The first-order valence-electron chi connectivity index (χ1n) is 5.86. The minimum atomic E-state index is -0.809. The molecule has 2 aromatic rings. The van der Waals surface area contributed by atoms with Crippen LogP contribution < -0.4 is 5.32 Å². The lowest BCUT2D eigenvalue weighted by Gasteiger charge is -2.17. The standard InChI is InChI=1S/C14H15F2NS/c1-3-17-14(13-7-4-9(2)18-13)10-5-6-11(15)12(16)8-10/h4-8,14,17H,3H2,1-2H3. The Hall–Kier alpha value is -1.26. The number of hydrogen-bond acceptors (Lipinski definition) is 2. The third-order valence-corrected chi connectivity index (χ3v) is 3.80. The summed E-state index contributed by atoms with van der Waals surface area (Å²) in [6.07, 6.45) is 0. The first-order chi connectivity index (χ1) is 8.61. The van der Waals surface area contributed by atoms with Crippen molar-refractivity contribution in [1.29, 1.82) is 0 Å². The quantitative estimate of drug-likeness (QED) is 0.881. The van der Waals surface area contributed by atoms with E-state index in [0.29, 0.717) is 0 Å². The summed E-state index contributed by atoms with van der Waals surface area (Å²) in [6, 6.07) is 8.04. The van der Waals surface area contributed by atoms with Crippen LogP contribution in [0.5, 0.6) is 0 Å². The lowest BCUT2D eigenvalue weighted by atomic mass is 10.0. The molecule has 1 heterocycles. The summed E-state index contributed by atoms with van der Waals surface area (Å²) in [7, 11) is 0. The van der Waals surface area contributed by atoms with Gasteiger partial charge < -0.3 is 5.32 Å². The third-order valence-electron chi connectivity index (χ3n) is 2.73. The zero-order valence-electron chi connectivity index (χ0n) is 10.3. The van der Waals surface area contributed by atoms with Gasteiger partial charge in [0.2, 0.25) is 0 Å². The maximum Gasteiger partial charge on any atom is 0.159 e. The molecule has 1 atom stereocenters. The van der Waals surface area contributed by atoms with Crippen LogP contribution in [-0.2, 0) is 0 Å². The van der Waals surface area contributed by atoms with E-state index < -0.39 is 11.6 Å². The van der Waals surface area contributed by atoms with Crippen molar-refractivity contribution in [3.05, 3.63) is 57.3 Å². The van der Waals surface area contributed by atoms with Gasteiger partial charge in [0.15, 0.2) is 11.6 Å². The number of halogens is 2. The van der Waals surface area contributed by atoms with Crippen LogP contribution in [-0.4, -0.2) is 6.54 Å². The summed E-state index contributed by atoms with van der Waals surface area (Å²) in [5.74, 6) is -1.61. The van der Waals surface area contributed by atoms with Crippen molar-refractivity contribution in [2.75, 3.05) is 6.54 Å². The zero-order valence-corrected chi connectivity index (χ0v) is 11.2. The highest BCUT2D eigenvalue weighted by atomic mass is 32.1. The van der Waals surface area contributed by atoms with E-state index in [1.54, 1.807) is 17.4 Å². The molecule has 0 spiro atoms.